The summed E-state index contributed by atoms with van der Waals surface area (Å²) in [5.74, 6) is 1.81. The van der Waals surface area contributed by atoms with Gasteiger partial charge in [0.2, 0.25) is 0 Å². The van der Waals surface area contributed by atoms with Crippen molar-refractivity contribution in [2.45, 2.75) is 0 Å². The normalized spacial score (nSPS) is 11.4. The Balaban J connectivity index is 1.16. The standard InChI is InChI=1S/C49H31N3O/c1-4-13-32(14-5-1)37-25-28-41-45(31-37)53-44-22-12-21-42(46(41)44)49-51-47(35-18-8-3-9-19-35)50-48(52-49)39-26-27-40(43(30-39)34-16-6-2-7-17-34)38-24-23-33-15-10-11-20-36(33)29-38/h1-31H. The molecule has 2 heterocycles. The second-order valence-electron chi connectivity index (χ2n) is 13.2. The van der Waals surface area contributed by atoms with Crippen LogP contribution in [-0.4, -0.2) is 15.0 Å². The predicted octanol–water partition coefficient (Wildman–Crippen LogP) is 12.9. The van der Waals surface area contributed by atoms with Crippen LogP contribution in [0.1, 0.15) is 0 Å². The average Bonchev–Trinajstić information content (AvgIpc) is 3.62. The lowest BCUT2D eigenvalue weighted by atomic mass is 9.91. The molecule has 0 amide bonds. The molecule has 0 spiro atoms. The molecule has 2 aromatic heterocycles. The average molecular weight is 678 g/mol. The zero-order chi connectivity index (χ0) is 35.1. The Bertz CT molecular complexity index is 2940. The molecule has 0 N–H and O–H groups in total. The van der Waals surface area contributed by atoms with Crippen LogP contribution < -0.4 is 0 Å². The fourth-order valence-corrected chi connectivity index (χ4v) is 7.31. The first-order valence-electron chi connectivity index (χ1n) is 17.8. The first-order valence-corrected chi connectivity index (χ1v) is 17.8. The van der Waals surface area contributed by atoms with E-state index in [0.29, 0.717) is 17.5 Å². The van der Waals surface area contributed by atoms with Crippen molar-refractivity contribution in [3.05, 3.63) is 188 Å². The molecule has 248 valence electrons. The van der Waals surface area contributed by atoms with E-state index >= 15 is 0 Å². The van der Waals surface area contributed by atoms with Gasteiger partial charge in [-0.3, -0.25) is 0 Å². The summed E-state index contributed by atoms with van der Waals surface area (Å²) in [6, 6.07) is 65.2. The molecule has 0 atom stereocenters. The molecule has 4 nitrogen and oxygen atoms in total. The van der Waals surface area contributed by atoms with Gasteiger partial charge in [-0.05, 0) is 74.5 Å². The van der Waals surface area contributed by atoms with Crippen LogP contribution in [-0.2, 0) is 0 Å². The van der Waals surface area contributed by atoms with Gasteiger partial charge in [-0.25, -0.2) is 15.0 Å². The van der Waals surface area contributed by atoms with E-state index < -0.39 is 0 Å². The minimum Gasteiger partial charge on any atom is -0.456 e. The zero-order valence-corrected chi connectivity index (χ0v) is 28.6. The summed E-state index contributed by atoms with van der Waals surface area (Å²) in [7, 11) is 0. The minimum atomic E-state index is 0.592. The molecule has 10 aromatic rings. The fraction of sp³-hybridized carbons (Fsp3) is 0. The van der Waals surface area contributed by atoms with Gasteiger partial charge in [-0.15, -0.1) is 0 Å². The third-order valence-electron chi connectivity index (χ3n) is 9.94. The fourth-order valence-electron chi connectivity index (χ4n) is 7.31. The summed E-state index contributed by atoms with van der Waals surface area (Å²) in [4.78, 5) is 15.4. The van der Waals surface area contributed by atoms with Crippen molar-refractivity contribution in [3.8, 4) is 67.5 Å². The second kappa shape index (κ2) is 12.9. The third-order valence-corrected chi connectivity index (χ3v) is 9.94. The van der Waals surface area contributed by atoms with Crippen LogP contribution in [0.25, 0.3) is 100 Å². The second-order valence-corrected chi connectivity index (χ2v) is 13.2. The highest BCUT2D eigenvalue weighted by Gasteiger charge is 2.19. The molecule has 0 saturated heterocycles. The molecule has 53 heavy (non-hydrogen) atoms. The van der Waals surface area contributed by atoms with Gasteiger partial charge in [0, 0.05) is 27.5 Å². The Morgan fingerprint density at radius 1 is 0.302 bits per heavy atom. The molecule has 8 aromatic carbocycles. The molecule has 4 heteroatoms. The molecular formula is C49H31N3O. The topological polar surface area (TPSA) is 51.8 Å². The van der Waals surface area contributed by atoms with Crippen molar-refractivity contribution >= 4 is 32.7 Å². The quantitative estimate of drug-likeness (QED) is 0.176. The van der Waals surface area contributed by atoms with Crippen molar-refractivity contribution in [2.75, 3.05) is 0 Å². The van der Waals surface area contributed by atoms with Gasteiger partial charge in [-0.2, -0.15) is 0 Å². The highest BCUT2D eigenvalue weighted by Crippen LogP contribution is 2.40. The summed E-state index contributed by atoms with van der Waals surface area (Å²) < 4.78 is 6.48. The largest absolute Gasteiger partial charge is 0.456 e. The molecule has 0 unspecified atom stereocenters. The van der Waals surface area contributed by atoms with Crippen molar-refractivity contribution < 1.29 is 4.42 Å². The molecule has 0 saturated carbocycles. The van der Waals surface area contributed by atoms with E-state index in [1.165, 1.54) is 10.8 Å². The van der Waals surface area contributed by atoms with Crippen molar-refractivity contribution in [2.24, 2.45) is 0 Å². The number of hydrogen-bond acceptors (Lipinski definition) is 4. The highest BCUT2D eigenvalue weighted by molar-refractivity contribution is 6.12. The van der Waals surface area contributed by atoms with Crippen molar-refractivity contribution in [1.82, 2.24) is 15.0 Å². The van der Waals surface area contributed by atoms with Crippen LogP contribution in [0.3, 0.4) is 0 Å². The lowest BCUT2D eigenvalue weighted by molar-refractivity contribution is 0.669. The molecule has 0 aliphatic heterocycles. The molecule has 0 aliphatic carbocycles. The third kappa shape index (κ3) is 5.63. The van der Waals surface area contributed by atoms with Crippen LogP contribution in [0.15, 0.2) is 192 Å². The summed E-state index contributed by atoms with van der Waals surface area (Å²) in [6.45, 7) is 0. The van der Waals surface area contributed by atoms with Gasteiger partial charge in [0.05, 0.1) is 0 Å². The van der Waals surface area contributed by atoms with Gasteiger partial charge in [-0.1, -0.05) is 158 Å². The molecule has 10 rings (SSSR count). The lowest BCUT2D eigenvalue weighted by Gasteiger charge is -2.14. The Morgan fingerprint density at radius 3 is 1.70 bits per heavy atom. The van der Waals surface area contributed by atoms with E-state index in [4.69, 9.17) is 19.4 Å². The number of fused-ring (bicyclic) bond motifs is 4. The van der Waals surface area contributed by atoms with E-state index in [0.717, 1.165) is 72.0 Å². The Hall–Kier alpha value is -7.17. The molecular weight excluding hydrogens is 647 g/mol. The van der Waals surface area contributed by atoms with Gasteiger partial charge in [0.25, 0.3) is 0 Å². The Kier molecular flexibility index (Phi) is 7.43. The number of aromatic nitrogens is 3. The van der Waals surface area contributed by atoms with Crippen LogP contribution >= 0.6 is 0 Å². The van der Waals surface area contributed by atoms with Gasteiger partial charge < -0.3 is 4.42 Å². The lowest BCUT2D eigenvalue weighted by Crippen LogP contribution is -2.01. The number of benzene rings is 8. The monoisotopic (exact) mass is 677 g/mol. The maximum Gasteiger partial charge on any atom is 0.164 e. The van der Waals surface area contributed by atoms with E-state index in [1.807, 2.05) is 48.5 Å². The summed E-state index contributed by atoms with van der Waals surface area (Å²) >= 11 is 0. The van der Waals surface area contributed by atoms with Crippen LogP contribution in [0.2, 0.25) is 0 Å². The van der Waals surface area contributed by atoms with Gasteiger partial charge in [0.15, 0.2) is 17.5 Å². The number of nitrogens with zero attached hydrogens (tertiary/aromatic N) is 3. The zero-order valence-electron chi connectivity index (χ0n) is 28.6. The number of hydrogen-bond donors (Lipinski definition) is 0. The highest BCUT2D eigenvalue weighted by atomic mass is 16.3. The molecule has 0 bridgehead atoms. The van der Waals surface area contributed by atoms with Crippen LogP contribution in [0, 0.1) is 0 Å². The summed E-state index contributed by atoms with van der Waals surface area (Å²) in [5, 5.41) is 4.43. The molecule has 0 radical (unpaired) electrons. The Labute approximate surface area is 306 Å². The Morgan fingerprint density at radius 2 is 0.925 bits per heavy atom. The van der Waals surface area contributed by atoms with Gasteiger partial charge >= 0.3 is 0 Å². The first kappa shape index (κ1) is 30.6. The summed E-state index contributed by atoms with van der Waals surface area (Å²) in [5.41, 5.74) is 11.1. The number of rotatable bonds is 6. The van der Waals surface area contributed by atoms with Gasteiger partial charge in [0.1, 0.15) is 11.2 Å². The summed E-state index contributed by atoms with van der Waals surface area (Å²) in [6.07, 6.45) is 0. The molecule has 0 fully saturated rings. The maximum absolute atomic E-state index is 6.48. The first-order chi connectivity index (χ1) is 26.2. The van der Waals surface area contributed by atoms with E-state index in [1.54, 1.807) is 0 Å². The van der Waals surface area contributed by atoms with Crippen LogP contribution in [0.5, 0.6) is 0 Å². The van der Waals surface area contributed by atoms with Crippen molar-refractivity contribution in [3.63, 3.8) is 0 Å². The minimum absolute atomic E-state index is 0.592. The smallest absolute Gasteiger partial charge is 0.164 e. The van der Waals surface area contributed by atoms with Crippen molar-refractivity contribution in [1.29, 1.82) is 0 Å². The predicted molar refractivity (Wildman–Crippen MR) is 217 cm³/mol. The van der Waals surface area contributed by atoms with Crippen LogP contribution in [0.4, 0.5) is 0 Å². The molecule has 0 aliphatic rings. The van der Waals surface area contributed by atoms with E-state index in [2.05, 4.69) is 140 Å². The van der Waals surface area contributed by atoms with E-state index in [9.17, 15) is 0 Å². The number of furan rings is 1. The van der Waals surface area contributed by atoms with E-state index in [-0.39, 0.29) is 0 Å². The SMILES string of the molecule is c1ccc(-c2ccc3c(c2)oc2cccc(-c4nc(-c5ccccc5)nc(-c5ccc(-c6ccc7ccccc7c6)c(-c6ccccc6)c5)n4)c23)cc1. The maximum atomic E-state index is 6.48.